The zero-order valence-electron chi connectivity index (χ0n) is 10.4. The molecule has 1 rings (SSSR count). The number of nitrogens with zero attached hydrogens (tertiary/aromatic N) is 1. The molecule has 0 radical (unpaired) electrons. The molecule has 0 saturated heterocycles. The van der Waals surface area contributed by atoms with Crippen LogP contribution in [0.2, 0.25) is 0 Å². The van der Waals surface area contributed by atoms with Crippen LogP contribution in [0.5, 0.6) is 0 Å². The molecule has 0 atom stereocenters. The molecule has 0 aliphatic carbocycles. The van der Waals surface area contributed by atoms with Crippen LogP contribution in [0, 0.1) is 11.8 Å². The molecule has 1 N–H and O–H groups in total. The minimum atomic E-state index is -0.244. The molecule has 0 saturated carbocycles. The highest BCUT2D eigenvalue weighted by molar-refractivity contribution is 5.93. The van der Waals surface area contributed by atoms with E-state index in [0.717, 1.165) is 5.56 Å². The van der Waals surface area contributed by atoms with Crippen molar-refractivity contribution in [2.75, 3.05) is 33.4 Å². The number of carbonyl (C=O) groups is 1. The second-order valence-electron chi connectivity index (χ2n) is 3.68. The molecule has 1 aromatic rings. The van der Waals surface area contributed by atoms with Crippen LogP contribution in [0.15, 0.2) is 30.3 Å². The SMILES string of the molecule is CN(CCOCCO)C(=O)C#Cc1ccccc1. The number of likely N-dealkylation sites (N-methyl/N-ethyl adjacent to an activating group) is 1. The summed E-state index contributed by atoms with van der Waals surface area (Å²) in [5.41, 5.74) is 0.816. The van der Waals surface area contributed by atoms with Crippen LogP contribution < -0.4 is 0 Å². The maximum absolute atomic E-state index is 11.6. The van der Waals surface area contributed by atoms with Gasteiger partial charge >= 0.3 is 0 Å². The van der Waals surface area contributed by atoms with E-state index in [1.807, 2.05) is 30.3 Å². The van der Waals surface area contributed by atoms with E-state index < -0.39 is 0 Å². The van der Waals surface area contributed by atoms with Gasteiger partial charge in [0.2, 0.25) is 0 Å². The highest BCUT2D eigenvalue weighted by atomic mass is 16.5. The number of hydrogen-bond donors (Lipinski definition) is 1. The van der Waals surface area contributed by atoms with E-state index in [1.54, 1.807) is 7.05 Å². The smallest absolute Gasteiger partial charge is 0.298 e. The summed E-state index contributed by atoms with van der Waals surface area (Å²) in [5.74, 6) is 5.13. The molecule has 96 valence electrons. The van der Waals surface area contributed by atoms with Gasteiger partial charge in [0, 0.05) is 25.1 Å². The van der Waals surface area contributed by atoms with Gasteiger partial charge in [0.25, 0.3) is 5.91 Å². The van der Waals surface area contributed by atoms with Gasteiger partial charge in [-0.15, -0.1) is 0 Å². The fraction of sp³-hybridized carbons (Fsp3) is 0.357. The minimum absolute atomic E-state index is 0.00846. The van der Waals surface area contributed by atoms with Crippen molar-refractivity contribution in [1.82, 2.24) is 4.90 Å². The van der Waals surface area contributed by atoms with Crippen LogP contribution in [-0.4, -0.2) is 49.3 Å². The Balaban J connectivity index is 2.38. The molecule has 1 aromatic carbocycles. The van der Waals surface area contributed by atoms with Crippen LogP contribution >= 0.6 is 0 Å². The molecular formula is C14H17NO3. The predicted octanol–water partition coefficient (Wildman–Crippen LogP) is 0.505. The summed E-state index contributed by atoms with van der Waals surface area (Å²) in [6.45, 7) is 1.14. The summed E-state index contributed by atoms with van der Waals surface area (Å²) in [6.07, 6.45) is 0. The number of ether oxygens (including phenoxy) is 1. The standard InChI is InChI=1S/C14H17NO3/c1-15(9-11-18-12-10-16)14(17)8-7-13-5-3-2-4-6-13/h2-6,16H,9-12H2,1H3. The Kier molecular flexibility index (Phi) is 6.55. The van der Waals surface area contributed by atoms with Crippen molar-refractivity contribution in [2.45, 2.75) is 0 Å². The number of carbonyl (C=O) groups excluding carboxylic acids is 1. The Morgan fingerprint density at radius 2 is 2.06 bits per heavy atom. The lowest BCUT2D eigenvalue weighted by Crippen LogP contribution is -2.29. The maximum Gasteiger partial charge on any atom is 0.298 e. The highest BCUT2D eigenvalue weighted by Crippen LogP contribution is 1.95. The third-order valence-corrected chi connectivity index (χ3v) is 2.24. The van der Waals surface area contributed by atoms with E-state index >= 15 is 0 Å². The number of aliphatic hydroxyl groups is 1. The van der Waals surface area contributed by atoms with Crippen LogP contribution in [0.3, 0.4) is 0 Å². The molecule has 18 heavy (non-hydrogen) atoms. The summed E-state index contributed by atoms with van der Waals surface area (Å²) in [4.78, 5) is 13.1. The lowest BCUT2D eigenvalue weighted by molar-refractivity contribution is -0.124. The third-order valence-electron chi connectivity index (χ3n) is 2.24. The Labute approximate surface area is 107 Å². The molecule has 1 amide bonds. The first-order valence-electron chi connectivity index (χ1n) is 5.75. The summed E-state index contributed by atoms with van der Waals surface area (Å²) in [7, 11) is 1.67. The molecule has 0 fully saturated rings. The molecule has 0 aromatic heterocycles. The molecule has 0 spiro atoms. The van der Waals surface area contributed by atoms with E-state index in [9.17, 15) is 4.79 Å². The summed E-state index contributed by atoms with van der Waals surface area (Å²) >= 11 is 0. The maximum atomic E-state index is 11.6. The van der Waals surface area contributed by atoms with Crippen molar-refractivity contribution in [1.29, 1.82) is 0 Å². The van der Waals surface area contributed by atoms with Crippen LogP contribution in [0.25, 0.3) is 0 Å². The molecule has 0 aliphatic heterocycles. The average molecular weight is 247 g/mol. The van der Waals surface area contributed by atoms with Gasteiger partial charge in [-0.25, -0.2) is 0 Å². The summed E-state index contributed by atoms with van der Waals surface area (Å²) < 4.78 is 5.07. The molecular weight excluding hydrogens is 230 g/mol. The van der Waals surface area contributed by atoms with E-state index in [1.165, 1.54) is 4.90 Å². The normalized spacial score (nSPS) is 9.44. The lowest BCUT2D eigenvalue weighted by atomic mass is 10.2. The quantitative estimate of drug-likeness (QED) is 0.609. The van der Waals surface area contributed by atoms with Gasteiger partial charge in [-0.2, -0.15) is 0 Å². The molecule has 0 aliphatic rings. The summed E-state index contributed by atoms with van der Waals surface area (Å²) in [6, 6.07) is 9.36. The van der Waals surface area contributed by atoms with Crippen molar-refractivity contribution in [3.05, 3.63) is 35.9 Å². The number of amides is 1. The van der Waals surface area contributed by atoms with Gasteiger partial charge in [0.15, 0.2) is 0 Å². The largest absolute Gasteiger partial charge is 0.394 e. The van der Waals surface area contributed by atoms with Crippen LogP contribution in [-0.2, 0) is 9.53 Å². The van der Waals surface area contributed by atoms with Gasteiger partial charge in [-0.3, -0.25) is 4.79 Å². The van der Waals surface area contributed by atoms with E-state index in [4.69, 9.17) is 9.84 Å². The summed E-state index contributed by atoms with van der Waals surface area (Å²) in [5, 5.41) is 8.52. The van der Waals surface area contributed by atoms with E-state index in [0.29, 0.717) is 13.2 Å². The second kappa shape index (κ2) is 8.29. The Hall–Kier alpha value is -1.83. The first-order chi connectivity index (χ1) is 8.74. The van der Waals surface area contributed by atoms with E-state index in [-0.39, 0.29) is 19.1 Å². The van der Waals surface area contributed by atoms with Crippen molar-refractivity contribution in [3.8, 4) is 11.8 Å². The van der Waals surface area contributed by atoms with Crippen LogP contribution in [0.1, 0.15) is 5.56 Å². The number of benzene rings is 1. The van der Waals surface area contributed by atoms with Crippen molar-refractivity contribution in [2.24, 2.45) is 0 Å². The molecule has 0 unspecified atom stereocenters. The minimum Gasteiger partial charge on any atom is -0.394 e. The van der Waals surface area contributed by atoms with Gasteiger partial charge < -0.3 is 14.7 Å². The molecule has 0 heterocycles. The van der Waals surface area contributed by atoms with Gasteiger partial charge in [0.1, 0.15) is 0 Å². The molecule has 4 heteroatoms. The third kappa shape index (κ3) is 5.48. The second-order valence-corrected chi connectivity index (χ2v) is 3.68. The number of hydrogen-bond acceptors (Lipinski definition) is 3. The van der Waals surface area contributed by atoms with Crippen molar-refractivity contribution < 1.29 is 14.6 Å². The highest BCUT2D eigenvalue weighted by Gasteiger charge is 2.04. The van der Waals surface area contributed by atoms with Crippen LogP contribution in [0.4, 0.5) is 0 Å². The van der Waals surface area contributed by atoms with Crippen molar-refractivity contribution >= 4 is 5.91 Å². The molecule has 4 nitrogen and oxygen atoms in total. The average Bonchev–Trinajstić information content (AvgIpc) is 2.42. The lowest BCUT2D eigenvalue weighted by Gasteiger charge is -2.13. The Bertz CT molecular complexity index is 420. The number of rotatable bonds is 5. The van der Waals surface area contributed by atoms with Gasteiger partial charge in [-0.05, 0) is 12.1 Å². The topological polar surface area (TPSA) is 49.8 Å². The zero-order chi connectivity index (χ0) is 13.2. The first kappa shape index (κ1) is 14.2. The first-order valence-corrected chi connectivity index (χ1v) is 5.75. The molecule has 0 bridgehead atoms. The zero-order valence-corrected chi connectivity index (χ0v) is 10.4. The predicted molar refractivity (Wildman–Crippen MR) is 68.9 cm³/mol. The van der Waals surface area contributed by atoms with Gasteiger partial charge in [0.05, 0.1) is 19.8 Å². The fourth-order valence-electron chi connectivity index (χ4n) is 1.21. The monoisotopic (exact) mass is 247 g/mol. The van der Waals surface area contributed by atoms with Gasteiger partial charge in [-0.1, -0.05) is 24.1 Å². The van der Waals surface area contributed by atoms with E-state index in [2.05, 4.69) is 11.8 Å². The Morgan fingerprint density at radius 3 is 2.72 bits per heavy atom. The fourth-order valence-corrected chi connectivity index (χ4v) is 1.21. The Morgan fingerprint density at radius 1 is 1.33 bits per heavy atom. The number of aliphatic hydroxyl groups excluding tert-OH is 1. The van der Waals surface area contributed by atoms with Crippen molar-refractivity contribution in [3.63, 3.8) is 0 Å².